The van der Waals surface area contributed by atoms with Crippen molar-refractivity contribution in [2.24, 2.45) is 0 Å². The van der Waals surface area contributed by atoms with Crippen LogP contribution in [-0.2, 0) is 0 Å². The van der Waals surface area contributed by atoms with E-state index in [0.717, 1.165) is 33.1 Å². The van der Waals surface area contributed by atoms with Gasteiger partial charge in [0.25, 0.3) is 5.91 Å². The minimum atomic E-state index is -0.672. The van der Waals surface area contributed by atoms with Crippen molar-refractivity contribution < 1.29 is 9.18 Å². The number of thiazole rings is 1. The Hall–Kier alpha value is -3.19. The van der Waals surface area contributed by atoms with E-state index in [1.165, 1.54) is 12.3 Å². The summed E-state index contributed by atoms with van der Waals surface area (Å²) in [6, 6.07) is 9.02. The summed E-state index contributed by atoms with van der Waals surface area (Å²) in [5.41, 5.74) is 5.78. The average molecular weight is 364 g/mol. The first kappa shape index (κ1) is 16.3. The van der Waals surface area contributed by atoms with Gasteiger partial charge in [-0.15, -0.1) is 11.3 Å². The predicted octanol–water partition coefficient (Wildman–Crippen LogP) is 4.45. The Labute approximate surface area is 152 Å². The lowest BCUT2D eigenvalue weighted by Crippen LogP contribution is -2.14. The molecule has 3 aromatic heterocycles. The van der Waals surface area contributed by atoms with E-state index in [0.29, 0.717) is 5.82 Å². The highest BCUT2D eigenvalue weighted by molar-refractivity contribution is 7.16. The molecular weight excluding hydrogens is 351 g/mol. The van der Waals surface area contributed by atoms with Crippen molar-refractivity contribution in [3.63, 3.8) is 0 Å². The lowest BCUT2D eigenvalue weighted by atomic mass is 10.0. The minimum Gasteiger partial charge on any atom is -0.306 e. The number of benzene rings is 1. The number of fused-ring (bicyclic) bond motifs is 1. The van der Waals surface area contributed by atoms with Crippen LogP contribution in [0.5, 0.6) is 0 Å². The van der Waals surface area contributed by atoms with Crippen LogP contribution >= 0.6 is 11.3 Å². The van der Waals surface area contributed by atoms with Crippen LogP contribution in [-0.4, -0.2) is 20.9 Å². The molecule has 4 aromatic rings. The van der Waals surface area contributed by atoms with Crippen molar-refractivity contribution in [2.45, 2.75) is 6.92 Å². The maximum atomic E-state index is 13.6. The molecule has 1 amide bonds. The number of pyridine rings is 2. The molecule has 0 bridgehead atoms. The van der Waals surface area contributed by atoms with Gasteiger partial charge in [-0.1, -0.05) is 0 Å². The molecule has 128 valence electrons. The summed E-state index contributed by atoms with van der Waals surface area (Å²) in [5, 5.41) is 2.59. The molecule has 0 saturated carbocycles. The van der Waals surface area contributed by atoms with E-state index < -0.39 is 11.7 Å². The predicted molar refractivity (Wildman–Crippen MR) is 99.7 cm³/mol. The number of aryl methyl sites for hydroxylation is 1. The van der Waals surface area contributed by atoms with Crippen LogP contribution in [0.3, 0.4) is 0 Å². The number of anilines is 1. The fourth-order valence-corrected chi connectivity index (χ4v) is 3.44. The number of aromatic nitrogens is 3. The first-order valence-corrected chi connectivity index (χ1v) is 8.71. The summed E-state index contributed by atoms with van der Waals surface area (Å²) >= 11 is 1.60. The summed E-state index contributed by atoms with van der Waals surface area (Å²) < 4.78 is 14.8. The second-order valence-corrected chi connectivity index (χ2v) is 6.62. The number of halogens is 1. The number of rotatable bonds is 3. The highest BCUT2D eigenvalue weighted by Crippen LogP contribution is 2.29. The summed E-state index contributed by atoms with van der Waals surface area (Å²) in [6.07, 6.45) is 4.05. The largest absolute Gasteiger partial charge is 0.306 e. The van der Waals surface area contributed by atoms with Gasteiger partial charge in [0.05, 0.1) is 27.5 Å². The third kappa shape index (κ3) is 3.04. The van der Waals surface area contributed by atoms with Crippen molar-refractivity contribution in [1.82, 2.24) is 15.0 Å². The Morgan fingerprint density at radius 2 is 2.04 bits per heavy atom. The van der Waals surface area contributed by atoms with Crippen molar-refractivity contribution in [3.05, 3.63) is 71.4 Å². The van der Waals surface area contributed by atoms with E-state index in [1.807, 2.05) is 24.6 Å². The summed E-state index contributed by atoms with van der Waals surface area (Å²) in [5.74, 6) is -0.888. The molecule has 7 heteroatoms. The zero-order valence-corrected chi connectivity index (χ0v) is 14.5. The number of nitrogens with one attached hydrogen (secondary N) is 1. The highest BCUT2D eigenvalue weighted by atomic mass is 32.1. The lowest BCUT2D eigenvalue weighted by molar-refractivity contribution is 0.102. The van der Waals surface area contributed by atoms with Gasteiger partial charge in [-0.25, -0.2) is 14.4 Å². The molecule has 0 unspecified atom stereocenters. The third-order valence-electron chi connectivity index (χ3n) is 4.01. The Morgan fingerprint density at radius 1 is 1.15 bits per heavy atom. The third-order valence-corrected chi connectivity index (χ3v) is 4.80. The summed E-state index contributed by atoms with van der Waals surface area (Å²) in [7, 11) is 0. The molecule has 1 N–H and O–H groups in total. The Bertz CT molecular complexity index is 1110. The molecule has 0 atom stereocenters. The summed E-state index contributed by atoms with van der Waals surface area (Å²) in [4.78, 5) is 24.4. The number of nitrogens with zero attached hydrogens (tertiary/aromatic N) is 3. The van der Waals surface area contributed by atoms with E-state index in [4.69, 9.17) is 0 Å². The number of amides is 1. The van der Waals surface area contributed by atoms with Crippen LogP contribution in [0.4, 0.5) is 10.2 Å². The molecule has 0 aliphatic heterocycles. The van der Waals surface area contributed by atoms with Crippen molar-refractivity contribution in [3.8, 4) is 11.1 Å². The number of hydrogen-bond donors (Lipinski definition) is 1. The van der Waals surface area contributed by atoms with Crippen LogP contribution < -0.4 is 5.32 Å². The quantitative estimate of drug-likeness (QED) is 0.583. The molecule has 0 aliphatic carbocycles. The zero-order valence-electron chi connectivity index (χ0n) is 13.7. The molecule has 26 heavy (non-hydrogen) atoms. The maximum Gasteiger partial charge on any atom is 0.259 e. The normalized spacial score (nSPS) is 10.8. The fourth-order valence-electron chi connectivity index (χ4n) is 2.69. The first-order valence-electron chi connectivity index (χ1n) is 7.83. The van der Waals surface area contributed by atoms with E-state index in [-0.39, 0.29) is 5.56 Å². The summed E-state index contributed by atoms with van der Waals surface area (Å²) in [6.45, 7) is 2.04. The SMILES string of the molecule is Cc1cc2scnc2cc1-c1ccc(NC(=O)c2ccncc2F)nc1. The van der Waals surface area contributed by atoms with Gasteiger partial charge in [-0.05, 0) is 48.4 Å². The van der Waals surface area contributed by atoms with Crippen molar-refractivity contribution >= 4 is 33.3 Å². The molecule has 0 saturated heterocycles. The van der Waals surface area contributed by atoms with Gasteiger partial charge in [0.2, 0.25) is 0 Å². The fraction of sp³-hybridized carbons (Fsp3) is 0.0526. The second kappa shape index (κ2) is 6.61. The molecule has 0 fully saturated rings. The van der Waals surface area contributed by atoms with Gasteiger partial charge in [0.1, 0.15) is 5.82 Å². The number of carbonyl (C=O) groups is 1. The molecule has 3 heterocycles. The number of hydrogen-bond acceptors (Lipinski definition) is 5. The molecule has 5 nitrogen and oxygen atoms in total. The Kier molecular flexibility index (Phi) is 4.14. The van der Waals surface area contributed by atoms with Crippen LogP contribution in [0.2, 0.25) is 0 Å². The molecule has 0 aliphatic rings. The van der Waals surface area contributed by atoms with Gasteiger partial charge < -0.3 is 5.32 Å². The van der Waals surface area contributed by atoms with Crippen molar-refractivity contribution in [2.75, 3.05) is 5.32 Å². The van der Waals surface area contributed by atoms with E-state index in [2.05, 4.69) is 26.3 Å². The van der Waals surface area contributed by atoms with E-state index in [9.17, 15) is 9.18 Å². The smallest absolute Gasteiger partial charge is 0.259 e. The molecule has 0 radical (unpaired) electrons. The molecule has 0 spiro atoms. The van der Waals surface area contributed by atoms with Gasteiger partial charge in [0, 0.05) is 18.0 Å². The average Bonchev–Trinajstić information content (AvgIpc) is 3.09. The van der Waals surface area contributed by atoms with Crippen LogP contribution in [0.15, 0.2) is 54.4 Å². The maximum absolute atomic E-state index is 13.6. The molecule has 4 rings (SSSR count). The van der Waals surface area contributed by atoms with Gasteiger partial charge in [-0.2, -0.15) is 0 Å². The van der Waals surface area contributed by atoms with Gasteiger partial charge in [-0.3, -0.25) is 9.78 Å². The van der Waals surface area contributed by atoms with Crippen LogP contribution in [0, 0.1) is 12.7 Å². The minimum absolute atomic E-state index is 0.0734. The second-order valence-electron chi connectivity index (χ2n) is 5.73. The van der Waals surface area contributed by atoms with Crippen LogP contribution in [0.25, 0.3) is 21.3 Å². The van der Waals surface area contributed by atoms with E-state index in [1.54, 1.807) is 23.6 Å². The molecule has 1 aromatic carbocycles. The molecular formula is C19H13FN4OS. The van der Waals surface area contributed by atoms with Gasteiger partial charge >= 0.3 is 0 Å². The highest BCUT2D eigenvalue weighted by Gasteiger charge is 2.12. The first-order chi connectivity index (χ1) is 12.6. The lowest BCUT2D eigenvalue weighted by Gasteiger charge is -2.08. The van der Waals surface area contributed by atoms with Crippen LogP contribution in [0.1, 0.15) is 15.9 Å². The topological polar surface area (TPSA) is 67.8 Å². The Morgan fingerprint density at radius 3 is 2.81 bits per heavy atom. The monoisotopic (exact) mass is 364 g/mol. The van der Waals surface area contributed by atoms with Crippen molar-refractivity contribution in [1.29, 1.82) is 0 Å². The standard InChI is InChI=1S/C19H13FN4OS/c1-11-6-17-16(23-10-26-17)7-14(11)12-2-3-18(22-8-12)24-19(25)13-4-5-21-9-15(13)20/h2-10H,1H3,(H,22,24,25). The Balaban J connectivity index is 1.59. The van der Waals surface area contributed by atoms with Gasteiger partial charge in [0.15, 0.2) is 5.82 Å². The van der Waals surface area contributed by atoms with E-state index >= 15 is 0 Å². The zero-order chi connectivity index (χ0) is 18.1. The number of carbonyl (C=O) groups excluding carboxylic acids is 1.